The normalized spacial score (nSPS) is 23.8. The van der Waals surface area contributed by atoms with Gasteiger partial charge in [-0.1, -0.05) is 56.2 Å². The summed E-state index contributed by atoms with van der Waals surface area (Å²) in [5.41, 5.74) is 1.15. The molecular formula is C24H37ClN2O3. The van der Waals surface area contributed by atoms with Crippen LogP contribution in [0.4, 0.5) is 4.79 Å². The summed E-state index contributed by atoms with van der Waals surface area (Å²) in [6, 6.07) is 5.96. The Morgan fingerprint density at radius 2 is 1.70 bits per heavy atom. The van der Waals surface area contributed by atoms with Crippen LogP contribution in [0.25, 0.3) is 0 Å². The maximum atomic E-state index is 10.8. The highest BCUT2D eigenvalue weighted by Crippen LogP contribution is 2.33. The molecule has 5 nitrogen and oxygen atoms in total. The van der Waals surface area contributed by atoms with Gasteiger partial charge < -0.3 is 14.7 Å². The second-order valence-corrected chi connectivity index (χ2v) is 9.51. The van der Waals surface area contributed by atoms with Gasteiger partial charge in [-0.3, -0.25) is 4.90 Å². The molecule has 0 radical (unpaired) electrons. The number of carboxylic acid groups (broad SMARTS) is 1. The van der Waals surface area contributed by atoms with Gasteiger partial charge in [-0.15, -0.1) is 0 Å². The van der Waals surface area contributed by atoms with E-state index in [9.17, 15) is 4.79 Å². The van der Waals surface area contributed by atoms with Crippen molar-refractivity contribution in [1.29, 1.82) is 0 Å². The van der Waals surface area contributed by atoms with Gasteiger partial charge in [-0.05, 0) is 62.4 Å². The van der Waals surface area contributed by atoms with Crippen molar-refractivity contribution in [2.75, 3.05) is 26.7 Å². The Labute approximate surface area is 186 Å². The second kappa shape index (κ2) is 11.8. The summed E-state index contributed by atoms with van der Waals surface area (Å²) in [7, 11) is 1.61. The molecule has 1 aliphatic heterocycles. The smallest absolute Gasteiger partial charge is 0.407 e. The van der Waals surface area contributed by atoms with Crippen LogP contribution in [0, 0.1) is 5.92 Å². The lowest BCUT2D eigenvalue weighted by molar-refractivity contribution is 0.0474. The molecule has 1 aromatic rings. The van der Waals surface area contributed by atoms with E-state index >= 15 is 0 Å². The number of carbonyl (C=O) groups is 1. The van der Waals surface area contributed by atoms with Crippen LogP contribution in [0.3, 0.4) is 0 Å². The van der Waals surface area contributed by atoms with E-state index < -0.39 is 6.09 Å². The topological polar surface area (TPSA) is 53.0 Å². The molecular weight excluding hydrogens is 400 g/mol. The lowest BCUT2D eigenvalue weighted by Crippen LogP contribution is -2.41. The lowest BCUT2D eigenvalue weighted by Gasteiger charge is -2.37. The maximum Gasteiger partial charge on any atom is 0.407 e. The molecule has 4 rings (SSSR count). The Hall–Kier alpha value is -1.46. The van der Waals surface area contributed by atoms with Gasteiger partial charge in [0.05, 0.1) is 6.10 Å². The van der Waals surface area contributed by atoms with E-state index in [4.69, 9.17) is 21.4 Å². The molecule has 168 valence electrons. The van der Waals surface area contributed by atoms with E-state index in [1.54, 1.807) is 7.05 Å². The lowest BCUT2D eigenvalue weighted by atomic mass is 9.82. The first kappa shape index (κ1) is 23.2. The van der Waals surface area contributed by atoms with Crippen LogP contribution in [0.15, 0.2) is 18.2 Å². The second-order valence-electron chi connectivity index (χ2n) is 9.10. The van der Waals surface area contributed by atoms with Gasteiger partial charge in [0.1, 0.15) is 5.75 Å². The van der Waals surface area contributed by atoms with E-state index in [-0.39, 0.29) is 6.10 Å². The highest BCUT2D eigenvalue weighted by molar-refractivity contribution is 6.31. The van der Waals surface area contributed by atoms with Crippen molar-refractivity contribution in [3.63, 3.8) is 0 Å². The van der Waals surface area contributed by atoms with Crippen molar-refractivity contribution < 1.29 is 14.6 Å². The van der Waals surface area contributed by atoms with E-state index in [2.05, 4.69) is 11.0 Å². The molecule has 1 amide bonds. The summed E-state index contributed by atoms with van der Waals surface area (Å²) in [4.78, 5) is 14.6. The number of ether oxygens (including phenoxy) is 1. The Bertz CT molecular complexity index is 657. The molecule has 3 fully saturated rings. The Morgan fingerprint density at radius 3 is 2.23 bits per heavy atom. The molecule has 0 atom stereocenters. The van der Waals surface area contributed by atoms with E-state index in [0.717, 1.165) is 48.8 Å². The molecule has 0 unspecified atom stereocenters. The van der Waals surface area contributed by atoms with Gasteiger partial charge in [0.2, 0.25) is 0 Å². The van der Waals surface area contributed by atoms with Gasteiger partial charge in [0.15, 0.2) is 0 Å². The SMILES string of the molecule is C1CCCCC1.CN(CC1CC(Oc2ccc(CN3CCCC3)c(Cl)c2)C1)C(=O)O. The number of halogens is 1. The first-order valence-electron chi connectivity index (χ1n) is 11.6. The summed E-state index contributed by atoms with van der Waals surface area (Å²) in [6.45, 7) is 3.79. The molecule has 1 heterocycles. The van der Waals surface area contributed by atoms with Crippen molar-refractivity contribution in [1.82, 2.24) is 9.80 Å². The highest BCUT2D eigenvalue weighted by Gasteiger charge is 2.32. The number of hydrogen-bond acceptors (Lipinski definition) is 3. The largest absolute Gasteiger partial charge is 0.490 e. The molecule has 6 heteroatoms. The van der Waals surface area contributed by atoms with Crippen LogP contribution in [0.1, 0.15) is 69.8 Å². The van der Waals surface area contributed by atoms with E-state index in [1.807, 2.05) is 12.1 Å². The molecule has 0 bridgehead atoms. The number of benzene rings is 1. The first-order chi connectivity index (χ1) is 14.5. The minimum absolute atomic E-state index is 0.165. The average Bonchev–Trinajstić information content (AvgIpc) is 3.23. The van der Waals surface area contributed by atoms with E-state index in [0.29, 0.717) is 12.5 Å². The number of rotatable bonds is 6. The fraction of sp³-hybridized carbons (Fsp3) is 0.708. The third kappa shape index (κ3) is 7.35. The molecule has 1 saturated heterocycles. The van der Waals surface area contributed by atoms with Gasteiger partial charge in [-0.25, -0.2) is 4.79 Å². The maximum absolute atomic E-state index is 10.8. The molecule has 1 N–H and O–H groups in total. The Kier molecular flexibility index (Phi) is 9.13. The molecule has 30 heavy (non-hydrogen) atoms. The number of likely N-dealkylation sites (tertiary alicyclic amines) is 1. The highest BCUT2D eigenvalue weighted by atomic mass is 35.5. The van der Waals surface area contributed by atoms with Crippen LogP contribution in [0.5, 0.6) is 5.75 Å². The monoisotopic (exact) mass is 436 g/mol. The average molecular weight is 437 g/mol. The van der Waals surface area contributed by atoms with Crippen LogP contribution < -0.4 is 4.74 Å². The van der Waals surface area contributed by atoms with Crippen molar-refractivity contribution in [2.45, 2.75) is 76.9 Å². The van der Waals surface area contributed by atoms with Crippen LogP contribution in [-0.4, -0.2) is 53.8 Å². The molecule has 0 spiro atoms. The summed E-state index contributed by atoms with van der Waals surface area (Å²) in [6.07, 6.45) is 12.6. The number of amides is 1. The van der Waals surface area contributed by atoms with E-state index in [1.165, 1.54) is 56.3 Å². The zero-order chi connectivity index (χ0) is 21.3. The standard InChI is InChI=1S/C18H25ClN2O3.C6H12/c1-20(18(22)23)11-13-8-16(9-13)24-15-5-4-14(17(19)10-15)12-21-6-2-3-7-21;1-2-4-6-5-3-1/h4-5,10,13,16H,2-3,6-9,11-12H2,1H3,(H,22,23);1-6H2. The third-order valence-corrected chi connectivity index (χ3v) is 6.82. The van der Waals surface area contributed by atoms with Crippen LogP contribution >= 0.6 is 11.6 Å². The van der Waals surface area contributed by atoms with Crippen molar-refractivity contribution in [3.8, 4) is 5.75 Å². The van der Waals surface area contributed by atoms with Crippen molar-refractivity contribution in [2.24, 2.45) is 5.92 Å². The minimum atomic E-state index is -0.875. The minimum Gasteiger partial charge on any atom is -0.490 e. The summed E-state index contributed by atoms with van der Waals surface area (Å²) in [5, 5.41) is 9.65. The zero-order valence-electron chi connectivity index (χ0n) is 18.3. The van der Waals surface area contributed by atoms with Gasteiger partial charge >= 0.3 is 6.09 Å². The van der Waals surface area contributed by atoms with Crippen LogP contribution in [0.2, 0.25) is 5.02 Å². The van der Waals surface area contributed by atoms with Crippen molar-refractivity contribution in [3.05, 3.63) is 28.8 Å². The summed E-state index contributed by atoms with van der Waals surface area (Å²) in [5.74, 6) is 1.20. The summed E-state index contributed by atoms with van der Waals surface area (Å²) < 4.78 is 5.96. The summed E-state index contributed by atoms with van der Waals surface area (Å²) >= 11 is 6.41. The first-order valence-corrected chi connectivity index (χ1v) is 12.0. The fourth-order valence-corrected chi connectivity index (χ4v) is 4.78. The quantitative estimate of drug-likeness (QED) is 0.590. The van der Waals surface area contributed by atoms with Gasteiger partial charge in [0.25, 0.3) is 0 Å². The Balaban J connectivity index is 0.000000367. The third-order valence-electron chi connectivity index (χ3n) is 6.47. The van der Waals surface area contributed by atoms with Crippen LogP contribution in [-0.2, 0) is 6.54 Å². The molecule has 0 aromatic heterocycles. The van der Waals surface area contributed by atoms with Crippen molar-refractivity contribution >= 4 is 17.7 Å². The predicted molar refractivity (Wildman–Crippen MR) is 121 cm³/mol. The fourth-order valence-electron chi connectivity index (χ4n) is 4.55. The molecule has 3 aliphatic rings. The Morgan fingerprint density at radius 1 is 1.10 bits per heavy atom. The van der Waals surface area contributed by atoms with Gasteiger partial charge in [-0.2, -0.15) is 0 Å². The number of nitrogens with zero attached hydrogens (tertiary/aromatic N) is 2. The number of hydrogen-bond donors (Lipinski definition) is 1. The zero-order valence-corrected chi connectivity index (χ0v) is 19.1. The molecule has 2 saturated carbocycles. The van der Waals surface area contributed by atoms with Gasteiger partial charge in [0, 0.05) is 25.2 Å². The molecule has 1 aromatic carbocycles. The molecule has 2 aliphatic carbocycles. The predicted octanol–water partition coefficient (Wildman–Crippen LogP) is 6.04.